The molecule has 0 aromatic rings. The molecule has 1 atom stereocenters. The zero-order chi connectivity index (χ0) is 15.6. The molecule has 21 heavy (non-hydrogen) atoms. The Morgan fingerprint density at radius 1 is 0.714 bits per heavy atom. The number of hydrogen-bond acceptors (Lipinski definition) is 5. The van der Waals surface area contributed by atoms with E-state index in [4.69, 9.17) is 24.4 Å². The molecule has 0 spiro atoms. The summed E-state index contributed by atoms with van der Waals surface area (Å²) < 4.78 is 17.0. The summed E-state index contributed by atoms with van der Waals surface area (Å²) in [6.45, 7) is 5.73. The van der Waals surface area contributed by atoms with Gasteiger partial charge < -0.3 is 24.4 Å². The van der Waals surface area contributed by atoms with Crippen LogP contribution in [-0.2, 0) is 14.2 Å². The molecule has 0 saturated carbocycles. The van der Waals surface area contributed by atoms with Gasteiger partial charge in [0.05, 0.1) is 13.2 Å². The summed E-state index contributed by atoms with van der Waals surface area (Å²) in [6, 6.07) is 0. The molecular formula is C16H34O5. The highest BCUT2D eigenvalue weighted by Gasteiger charge is 2.09. The Bertz CT molecular complexity index is 176. The van der Waals surface area contributed by atoms with Crippen LogP contribution in [0.25, 0.3) is 0 Å². The van der Waals surface area contributed by atoms with E-state index < -0.39 is 0 Å². The van der Waals surface area contributed by atoms with Crippen molar-refractivity contribution < 1.29 is 24.4 Å². The first kappa shape index (κ1) is 20.8. The van der Waals surface area contributed by atoms with Crippen LogP contribution in [0.5, 0.6) is 0 Å². The van der Waals surface area contributed by atoms with Gasteiger partial charge in [-0.1, -0.05) is 19.8 Å². The predicted octanol–water partition coefficient (Wildman–Crippen LogP) is 2.14. The van der Waals surface area contributed by atoms with Crippen LogP contribution in [0.2, 0.25) is 0 Å². The molecule has 0 aliphatic heterocycles. The van der Waals surface area contributed by atoms with Crippen LogP contribution >= 0.6 is 0 Å². The Morgan fingerprint density at radius 3 is 1.76 bits per heavy atom. The third kappa shape index (κ3) is 16.0. The number of unbranched alkanes of at least 4 members (excludes halogenated alkanes) is 4. The average Bonchev–Trinajstić information content (AvgIpc) is 2.50. The summed E-state index contributed by atoms with van der Waals surface area (Å²) in [5, 5.41) is 17.5. The van der Waals surface area contributed by atoms with Crippen molar-refractivity contribution in [3.8, 4) is 0 Å². The zero-order valence-corrected chi connectivity index (χ0v) is 13.6. The normalized spacial score (nSPS) is 12.7. The van der Waals surface area contributed by atoms with Crippen molar-refractivity contribution in [3.05, 3.63) is 0 Å². The van der Waals surface area contributed by atoms with Crippen molar-refractivity contribution in [2.24, 2.45) is 0 Å². The maximum atomic E-state index is 8.75. The summed E-state index contributed by atoms with van der Waals surface area (Å²) in [4.78, 5) is 0. The first-order valence-corrected chi connectivity index (χ1v) is 8.34. The fourth-order valence-electron chi connectivity index (χ4n) is 1.81. The number of aliphatic hydroxyl groups is 2. The van der Waals surface area contributed by atoms with Gasteiger partial charge in [-0.3, -0.25) is 0 Å². The average molecular weight is 306 g/mol. The van der Waals surface area contributed by atoms with E-state index in [9.17, 15) is 0 Å². The van der Waals surface area contributed by atoms with Gasteiger partial charge in [0.2, 0.25) is 0 Å². The van der Waals surface area contributed by atoms with Gasteiger partial charge in [-0.15, -0.1) is 0 Å². The summed E-state index contributed by atoms with van der Waals surface area (Å²) in [6.07, 6.45) is 6.69. The topological polar surface area (TPSA) is 68.2 Å². The molecule has 5 nitrogen and oxygen atoms in total. The molecule has 0 saturated heterocycles. The first-order chi connectivity index (χ1) is 10.3. The van der Waals surface area contributed by atoms with E-state index in [-0.39, 0.29) is 19.3 Å². The van der Waals surface area contributed by atoms with Crippen LogP contribution in [0, 0.1) is 0 Å². The molecule has 0 fully saturated rings. The minimum absolute atomic E-state index is 0.0422. The van der Waals surface area contributed by atoms with Crippen molar-refractivity contribution in [2.45, 2.75) is 58.0 Å². The van der Waals surface area contributed by atoms with Crippen molar-refractivity contribution in [3.63, 3.8) is 0 Å². The van der Waals surface area contributed by atoms with E-state index in [1.165, 1.54) is 12.8 Å². The molecule has 0 aliphatic rings. The molecule has 1 unspecified atom stereocenters. The maximum Gasteiger partial charge on any atom is 0.104 e. The Hall–Kier alpha value is -0.200. The second kappa shape index (κ2) is 17.9. The molecule has 0 aliphatic carbocycles. The fraction of sp³-hybridized carbons (Fsp3) is 1.00. The van der Waals surface area contributed by atoms with Gasteiger partial charge in [-0.2, -0.15) is 0 Å². The molecule has 2 N–H and O–H groups in total. The second-order valence-electron chi connectivity index (χ2n) is 5.21. The lowest BCUT2D eigenvalue weighted by molar-refractivity contribution is -0.0620. The molecule has 0 amide bonds. The molecule has 5 heteroatoms. The predicted molar refractivity (Wildman–Crippen MR) is 83.5 cm³/mol. The number of hydrogen-bond donors (Lipinski definition) is 2. The lowest BCUT2D eigenvalue weighted by Crippen LogP contribution is -2.27. The fourth-order valence-corrected chi connectivity index (χ4v) is 1.81. The molecule has 0 rings (SSSR count). The van der Waals surface area contributed by atoms with Gasteiger partial charge in [0, 0.05) is 33.0 Å². The lowest BCUT2D eigenvalue weighted by atomic mass is 10.3. The Kier molecular flexibility index (Phi) is 17.7. The molecule has 0 bridgehead atoms. The SMILES string of the molecule is CCCCCOCC(COCCCCO)OCCCCO. The second-order valence-corrected chi connectivity index (χ2v) is 5.21. The van der Waals surface area contributed by atoms with Crippen LogP contribution in [0.1, 0.15) is 51.9 Å². The molecule has 0 aromatic heterocycles. The Labute approximate surface area is 129 Å². The highest BCUT2D eigenvalue weighted by Crippen LogP contribution is 2.02. The number of aliphatic hydroxyl groups excluding tert-OH is 2. The minimum atomic E-state index is -0.0422. The highest BCUT2D eigenvalue weighted by molar-refractivity contribution is 4.56. The Balaban J connectivity index is 3.69. The molecule has 0 aromatic carbocycles. The molecular weight excluding hydrogens is 272 g/mol. The van der Waals surface area contributed by atoms with Gasteiger partial charge >= 0.3 is 0 Å². The summed E-state index contributed by atoms with van der Waals surface area (Å²) in [7, 11) is 0. The first-order valence-electron chi connectivity index (χ1n) is 8.34. The molecule has 0 radical (unpaired) electrons. The van der Waals surface area contributed by atoms with Crippen LogP contribution in [0.15, 0.2) is 0 Å². The van der Waals surface area contributed by atoms with Gasteiger partial charge in [-0.05, 0) is 32.1 Å². The quantitative estimate of drug-likeness (QED) is 0.403. The van der Waals surface area contributed by atoms with Crippen molar-refractivity contribution in [2.75, 3.05) is 46.2 Å². The largest absolute Gasteiger partial charge is 0.396 e. The molecule has 128 valence electrons. The molecule has 0 heterocycles. The summed E-state index contributed by atoms with van der Waals surface area (Å²) >= 11 is 0. The van der Waals surface area contributed by atoms with E-state index >= 15 is 0 Å². The van der Waals surface area contributed by atoms with Gasteiger partial charge in [0.15, 0.2) is 0 Å². The summed E-state index contributed by atoms with van der Waals surface area (Å²) in [5.41, 5.74) is 0. The van der Waals surface area contributed by atoms with Gasteiger partial charge in [0.1, 0.15) is 6.10 Å². The summed E-state index contributed by atoms with van der Waals surface area (Å²) in [5.74, 6) is 0. The third-order valence-corrected chi connectivity index (χ3v) is 3.10. The minimum Gasteiger partial charge on any atom is -0.396 e. The van der Waals surface area contributed by atoms with Crippen LogP contribution in [0.4, 0.5) is 0 Å². The van der Waals surface area contributed by atoms with Crippen molar-refractivity contribution in [1.29, 1.82) is 0 Å². The highest BCUT2D eigenvalue weighted by atomic mass is 16.6. The van der Waals surface area contributed by atoms with E-state index in [0.29, 0.717) is 26.4 Å². The zero-order valence-electron chi connectivity index (χ0n) is 13.6. The Morgan fingerprint density at radius 2 is 1.24 bits per heavy atom. The smallest absolute Gasteiger partial charge is 0.104 e. The monoisotopic (exact) mass is 306 g/mol. The lowest BCUT2D eigenvalue weighted by Gasteiger charge is -2.18. The van der Waals surface area contributed by atoms with E-state index in [0.717, 1.165) is 38.7 Å². The van der Waals surface area contributed by atoms with Crippen LogP contribution < -0.4 is 0 Å². The van der Waals surface area contributed by atoms with E-state index in [1.54, 1.807) is 0 Å². The van der Waals surface area contributed by atoms with Crippen molar-refractivity contribution >= 4 is 0 Å². The maximum absolute atomic E-state index is 8.75. The van der Waals surface area contributed by atoms with Gasteiger partial charge in [-0.25, -0.2) is 0 Å². The number of ether oxygens (including phenoxy) is 3. The third-order valence-electron chi connectivity index (χ3n) is 3.10. The number of rotatable bonds is 17. The van der Waals surface area contributed by atoms with E-state index in [2.05, 4.69) is 6.92 Å². The standard InChI is InChI=1S/C16H34O5/c1-2-3-6-11-19-14-16(21-13-8-5-10-18)15-20-12-7-4-9-17/h16-18H,2-15H2,1H3. The van der Waals surface area contributed by atoms with Crippen LogP contribution in [-0.4, -0.2) is 62.6 Å². The van der Waals surface area contributed by atoms with Crippen molar-refractivity contribution in [1.82, 2.24) is 0 Å². The van der Waals surface area contributed by atoms with Gasteiger partial charge in [0.25, 0.3) is 0 Å². The van der Waals surface area contributed by atoms with Crippen LogP contribution in [0.3, 0.4) is 0 Å². The van der Waals surface area contributed by atoms with E-state index in [1.807, 2.05) is 0 Å².